The summed E-state index contributed by atoms with van der Waals surface area (Å²) in [4.78, 5) is 53.5. The maximum absolute atomic E-state index is 13.8. The second-order valence-corrected chi connectivity index (χ2v) is 11.0. The number of anilines is 2. The molecule has 2 heterocycles. The molecule has 0 spiro atoms. The number of aromatic nitrogens is 2. The Morgan fingerprint density at radius 2 is 1.76 bits per heavy atom. The van der Waals surface area contributed by atoms with E-state index in [9.17, 15) is 19.2 Å². The Morgan fingerprint density at radius 3 is 2.37 bits per heavy atom. The van der Waals surface area contributed by atoms with Crippen LogP contribution in [0.3, 0.4) is 0 Å². The van der Waals surface area contributed by atoms with E-state index >= 15 is 0 Å². The average molecular weight is 522 g/mol. The first kappa shape index (κ1) is 25.9. The van der Waals surface area contributed by atoms with Crippen molar-refractivity contribution >= 4 is 35.1 Å². The maximum Gasteiger partial charge on any atom is 0.313 e. The van der Waals surface area contributed by atoms with Gasteiger partial charge in [0.05, 0.1) is 13.0 Å². The van der Waals surface area contributed by atoms with E-state index in [-0.39, 0.29) is 36.1 Å². The molecule has 3 aliphatic rings. The van der Waals surface area contributed by atoms with Crippen LogP contribution in [0.5, 0.6) is 0 Å². The van der Waals surface area contributed by atoms with Gasteiger partial charge in [0.1, 0.15) is 11.7 Å². The van der Waals surface area contributed by atoms with Crippen molar-refractivity contribution in [2.75, 3.05) is 24.4 Å². The molecule has 3 amide bonds. The van der Waals surface area contributed by atoms with E-state index in [1.165, 1.54) is 12.0 Å². The lowest BCUT2D eigenvalue weighted by Gasteiger charge is -2.31. The van der Waals surface area contributed by atoms with E-state index in [2.05, 4.69) is 15.7 Å². The lowest BCUT2D eigenvalue weighted by Crippen LogP contribution is -2.50. The van der Waals surface area contributed by atoms with Crippen LogP contribution in [0.15, 0.2) is 30.5 Å². The third-order valence-corrected chi connectivity index (χ3v) is 7.95. The average Bonchev–Trinajstić information content (AvgIpc) is 3.84. The van der Waals surface area contributed by atoms with Crippen molar-refractivity contribution in [3.63, 3.8) is 0 Å². The molecule has 1 aromatic heterocycles. The van der Waals surface area contributed by atoms with Gasteiger partial charge in [-0.15, -0.1) is 0 Å². The molecule has 0 bridgehead atoms. The van der Waals surface area contributed by atoms with Gasteiger partial charge >= 0.3 is 5.97 Å². The Balaban J connectivity index is 1.41. The van der Waals surface area contributed by atoms with E-state index in [4.69, 9.17) is 4.74 Å². The standard InChI is InChI=1S/C28H35N5O5/c1-15(2)33-21(11-12-29-33)26(35)31-25(24(16-5-6-16)17-7-8-17)27(36)30-18-9-10-19-20(28(37)38-4)14-23(34)32(3)22(19)13-18/h9-13,15-17,20,24-25H,5-8,14H2,1-4H3,(H,30,36)(H,31,35)/t20?,25-/m0/s1. The summed E-state index contributed by atoms with van der Waals surface area (Å²) in [6.07, 6.45) is 5.87. The van der Waals surface area contributed by atoms with Crippen LogP contribution >= 0.6 is 0 Å². The number of hydrogen-bond donors (Lipinski definition) is 2. The first-order valence-electron chi connectivity index (χ1n) is 13.3. The lowest BCUT2D eigenvalue weighted by molar-refractivity contribution is -0.144. The fraction of sp³-hybridized carbons (Fsp3) is 0.536. The summed E-state index contributed by atoms with van der Waals surface area (Å²) in [6, 6.07) is 6.16. The van der Waals surface area contributed by atoms with Crippen molar-refractivity contribution in [3.8, 4) is 0 Å². The van der Waals surface area contributed by atoms with Crippen LogP contribution < -0.4 is 15.5 Å². The molecule has 0 radical (unpaired) electrons. The minimum atomic E-state index is -0.698. The Hall–Kier alpha value is -3.69. The molecular formula is C28H35N5O5. The fourth-order valence-corrected chi connectivity index (χ4v) is 5.68. The molecule has 2 fully saturated rings. The summed E-state index contributed by atoms with van der Waals surface area (Å²) in [6.45, 7) is 3.90. The molecule has 202 valence electrons. The number of hydrogen-bond acceptors (Lipinski definition) is 6. The Bertz CT molecular complexity index is 1250. The lowest BCUT2D eigenvalue weighted by atomic mass is 9.88. The van der Waals surface area contributed by atoms with Crippen molar-refractivity contribution in [1.29, 1.82) is 0 Å². The predicted octanol–water partition coefficient (Wildman–Crippen LogP) is 3.26. The highest BCUT2D eigenvalue weighted by Gasteiger charge is 2.48. The Labute approximate surface area is 222 Å². The number of carbonyl (C=O) groups is 4. The summed E-state index contributed by atoms with van der Waals surface area (Å²) in [7, 11) is 2.95. The van der Waals surface area contributed by atoms with Crippen LogP contribution in [0.25, 0.3) is 0 Å². The molecule has 10 nitrogen and oxygen atoms in total. The van der Waals surface area contributed by atoms with Crippen molar-refractivity contribution in [2.24, 2.45) is 17.8 Å². The molecule has 10 heteroatoms. The minimum absolute atomic E-state index is 0.00435. The monoisotopic (exact) mass is 521 g/mol. The van der Waals surface area contributed by atoms with Crippen LogP contribution in [-0.4, -0.2) is 53.7 Å². The molecule has 2 saturated carbocycles. The van der Waals surface area contributed by atoms with Gasteiger partial charge in [-0.25, -0.2) is 0 Å². The smallest absolute Gasteiger partial charge is 0.313 e. The number of esters is 1. The number of nitrogens with one attached hydrogen (secondary N) is 2. The summed E-state index contributed by atoms with van der Waals surface area (Å²) < 4.78 is 6.56. The van der Waals surface area contributed by atoms with Crippen molar-refractivity contribution in [1.82, 2.24) is 15.1 Å². The minimum Gasteiger partial charge on any atom is -0.469 e. The van der Waals surface area contributed by atoms with Gasteiger partial charge < -0.3 is 20.3 Å². The number of ether oxygens (including phenoxy) is 1. The van der Waals surface area contributed by atoms with Gasteiger partial charge in [0.15, 0.2) is 0 Å². The second kappa shape index (κ2) is 10.2. The number of fused-ring (bicyclic) bond motifs is 1. The third kappa shape index (κ3) is 5.04. The SMILES string of the molecule is COC(=O)C1CC(=O)N(C)c2cc(NC(=O)[C@@H](NC(=O)c3ccnn3C(C)C)C(C3CC3)C3CC3)ccc21. The molecule has 1 aromatic carbocycles. The van der Waals surface area contributed by atoms with Crippen molar-refractivity contribution < 1.29 is 23.9 Å². The second-order valence-electron chi connectivity index (χ2n) is 11.0. The zero-order valence-corrected chi connectivity index (χ0v) is 22.3. The molecule has 2 aromatic rings. The molecule has 1 aliphatic heterocycles. The van der Waals surface area contributed by atoms with Crippen molar-refractivity contribution in [3.05, 3.63) is 41.7 Å². The summed E-state index contributed by atoms with van der Waals surface area (Å²) in [5, 5.41) is 10.3. The molecule has 2 aliphatic carbocycles. The number of nitrogens with zero attached hydrogens (tertiary/aromatic N) is 3. The molecule has 38 heavy (non-hydrogen) atoms. The summed E-state index contributed by atoms with van der Waals surface area (Å²) in [5.41, 5.74) is 2.15. The molecule has 2 N–H and O–H groups in total. The van der Waals surface area contributed by atoms with Gasteiger partial charge in [-0.05, 0) is 81.0 Å². The van der Waals surface area contributed by atoms with Gasteiger partial charge in [-0.2, -0.15) is 5.10 Å². The molecule has 0 saturated heterocycles. The first-order chi connectivity index (χ1) is 18.2. The van der Waals surface area contributed by atoms with Gasteiger partial charge in [-0.3, -0.25) is 23.9 Å². The maximum atomic E-state index is 13.8. The van der Waals surface area contributed by atoms with Crippen LogP contribution in [0, 0.1) is 17.8 Å². The fourth-order valence-electron chi connectivity index (χ4n) is 5.68. The highest BCUT2D eigenvalue weighted by Crippen LogP contribution is 2.51. The van der Waals surface area contributed by atoms with E-state index in [0.717, 1.165) is 25.7 Å². The highest BCUT2D eigenvalue weighted by molar-refractivity contribution is 6.04. The Kier molecular flexibility index (Phi) is 6.98. The number of amides is 3. The van der Waals surface area contributed by atoms with Crippen LogP contribution in [0.1, 0.15) is 74.0 Å². The zero-order valence-electron chi connectivity index (χ0n) is 22.3. The van der Waals surface area contributed by atoms with E-state index < -0.39 is 17.9 Å². The Morgan fingerprint density at radius 1 is 1.08 bits per heavy atom. The summed E-state index contributed by atoms with van der Waals surface area (Å²) >= 11 is 0. The van der Waals surface area contributed by atoms with Gasteiger partial charge in [0.2, 0.25) is 11.8 Å². The number of carbonyl (C=O) groups excluding carboxylic acids is 4. The highest BCUT2D eigenvalue weighted by atomic mass is 16.5. The molecule has 5 rings (SSSR count). The molecule has 2 atom stereocenters. The van der Waals surface area contributed by atoms with Gasteiger partial charge in [0.25, 0.3) is 5.91 Å². The van der Waals surface area contributed by atoms with Crippen molar-refractivity contribution in [2.45, 2.75) is 64.0 Å². The third-order valence-electron chi connectivity index (χ3n) is 7.95. The quantitative estimate of drug-likeness (QED) is 0.489. The van der Waals surface area contributed by atoms with E-state index in [1.807, 2.05) is 13.8 Å². The largest absolute Gasteiger partial charge is 0.469 e. The predicted molar refractivity (Wildman–Crippen MR) is 141 cm³/mol. The molecule has 1 unspecified atom stereocenters. The van der Waals surface area contributed by atoms with Crippen LogP contribution in [-0.2, 0) is 19.1 Å². The van der Waals surface area contributed by atoms with E-state index in [0.29, 0.717) is 34.5 Å². The van der Waals surface area contributed by atoms with Gasteiger partial charge in [0, 0.05) is 37.1 Å². The first-order valence-corrected chi connectivity index (χ1v) is 13.3. The topological polar surface area (TPSA) is 123 Å². The van der Waals surface area contributed by atoms with Crippen LogP contribution in [0.4, 0.5) is 11.4 Å². The summed E-state index contributed by atoms with van der Waals surface area (Å²) in [5.74, 6) is -1.06. The van der Waals surface area contributed by atoms with Crippen LogP contribution in [0.2, 0.25) is 0 Å². The van der Waals surface area contributed by atoms with Gasteiger partial charge in [-0.1, -0.05) is 6.07 Å². The number of rotatable bonds is 9. The number of methoxy groups -OCH3 is 1. The number of benzene rings is 1. The zero-order chi connectivity index (χ0) is 27.1. The molecular weight excluding hydrogens is 486 g/mol. The van der Waals surface area contributed by atoms with E-state index in [1.54, 1.807) is 42.2 Å². The normalized spacial score (nSPS) is 19.8.